The van der Waals surface area contributed by atoms with Gasteiger partial charge in [-0.15, -0.1) is 0 Å². The predicted molar refractivity (Wildman–Crippen MR) is 122 cm³/mol. The number of nitrogens with one attached hydrogen (secondary N) is 2. The fourth-order valence-corrected chi connectivity index (χ4v) is 3.40. The molecule has 0 unspecified atom stereocenters. The van der Waals surface area contributed by atoms with Gasteiger partial charge in [-0.05, 0) is 75.1 Å². The highest BCUT2D eigenvalue weighted by molar-refractivity contribution is 5.95. The molecule has 1 aliphatic rings. The fraction of sp³-hybridized carbons (Fsp3) is 0.417. The van der Waals surface area contributed by atoms with Crippen molar-refractivity contribution in [2.24, 2.45) is 4.99 Å². The molecule has 2 aromatic rings. The fourth-order valence-electron chi connectivity index (χ4n) is 3.40. The van der Waals surface area contributed by atoms with Crippen LogP contribution in [-0.4, -0.2) is 49.0 Å². The lowest BCUT2D eigenvalue weighted by Crippen LogP contribution is -2.35. The number of halogens is 1. The van der Waals surface area contributed by atoms with Gasteiger partial charge in [0.15, 0.2) is 5.96 Å². The summed E-state index contributed by atoms with van der Waals surface area (Å²) in [5.41, 5.74) is 1.73. The zero-order valence-electron chi connectivity index (χ0n) is 18.2. The highest BCUT2D eigenvalue weighted by Crippen LogP contribution is 2.17. The lowest BCUT2D eigenvalue weighted by molar-refractivity contribution is -0.128. The van der Waals surface area contributed by atoms with Crippen LogP contribution in [0.3, 0.4) is 0 Å². The van der Waals surface area contributed by atoms with Crippen LogP contribution in [-0.2, 0) is 11.2 Å². The van der Waals surface area contributed by atoms with Crippen molar-refractivity contribution in [2.45, 2.75) is 39.2 Å². The first-order chi connectivity index (χ1) is 15.0. The molecule has 166 valence electrons. The summed E-state index contributed by atoms with van der Waals surface area (Å²) >= 11 is 0. The number of anilines is 1. The van der Waals surface area contributed by atoms with Crippen LogP contribution in [0.1, 0.15) is 32.3 Å². The molecular weight excluding hydrogens is 395 g/mol. The van der Waals surface area contributed by atoms with Crippen LogP contribution in [0.4, 0.5) is 10.1 Å². The average Bonchev–Trinajstić information content (AvgIpc) is 3.28. The summed E-state index contributed by atoms with van der Waals surface area (Å²) < 4.78 is 19.1. The highest BCUT2D eigenvalue weighted by Gasteiger charge is 2.17. The number of likely N-dealkylation sites (tertiary alicyclic amines) is 1. The first-order valence-electron chi connectivity index (χ1n) is 10.8. The molecule has 0 spiro atoms. The zero-order chi connectivity index (χ0) is 22.1. The number of aliphatic imine (C=N–C) groups is 1. The van der Waals surface area contributed by atoms with E-state index in [9.17, 15) is 9.18 Å². The number of amides is 1. The van der Waals surface area contributed by atoms with E-state index in [1.54, 1.807) is 6.07 Å². The van der Waals surface area contributed by atoms with E-state index in [4.69, 9.17) is 4.74 Å². The van der Waals surface area contributed by atoms with Crippen LogP contribution in [0, 0.1) is 5.82 Å². The van der Waals surface area contributed by atoms with Crippen LogP contribution in [0.5, 0.6) is 5.75 Å². The van der Waals surface area contributed by atoms with Crippen LogP contribution >= 0.6 is 0 Å². The molecule has 0 aromatic heterocycles. The minimum atomic E-state index is -0.246. The van der Waals surface area contributed by atoms with Crippen molar-refractivity contribution in [1.29, 1.82) is 0 Å². The molecule has 0 aliphatic carbocycles. The van der Waals surface area contributed by atoms with Gasteiger partial charge in [0.25, 0.3) is 0 Å². The molecule has 3 rings (SSSR count). The van der Waals surface area contributed by atoms with E-state index in [-0.39, 0.29) is 24.4 Å². The average molecular weight is 427 g/mol. The predicted octanol–water partition coefficient (Wildman–Crippen LogP) is 3.84. The maximum absolute atomic E-state index is 13.4. The summed E-state index contributed by atoms with van der Waals surface area (Å²) in [4.78, 5) is 18.7. The Hall–Kier alpha value is -3.09. The number of benzene rings is 2. The minimum Gasteiger partial charge on any atom is -0.491 e. The second-order valence-corrected chi connectivity index (χ2v) is 7.88. The van der Waals surface area contributed by atoms with Crippen molar-refractivity contribution in [1.82, 2.24) is 10.2 Å². The van der Waals surface area contributed by atoms with Crippen molar-refractivity contribution in [3.8, 4) is 5.75 Å². The monoisotopic (exact) mass is 426 g/mol. The van der Waals surface area contributed by atoms with Gasteiger partial charge in [0.1, 0.15) is 18.1 Å². The molecular formula is C24H31FN4O2. The number of hydrogen-bond acceptors (Lipinski definition) is 3. The summed E-state index contributed by atoms with van der Waals surface area (Å²) in [6.45, 7) is 6.22. The van der Waals surface area contributed by atoms with E-state index in [2.05, 4.69) is 15.6 Å². The highest BCUT2D eigenvalue weighted by atomic mass is 19.1. The third-order valence-electron chi connectivity index (χ3n) is 4.92. The van der Waals surface area contributed by atoms with Crippen molar-refractivity contribution in [3.63, 3.8) is 0 Å². The van der Waals surface area contributed by atoms with E-state index in [1.807, 2.05) is 49.1 Å². The quantitative estimate of drug-likeness (QED) is 0.497. The first-order valence-corrected chi connectivity index (χ1v) is 10.8. The number of guanidine groups is 1. The first kappa shape index (κ1) is 22.6. The van der Waals surface area contributed by atoms with Gasteiger partial charge in [-0.1, -0.05) is 12.1 Å². The summed E-state index contributed by atoms with van der Waals surface area (Å²) in [5, 5.41) is 6.49. The molecule has 1 heterocycles. The number of hydrogen-bond donors (Lipinski definition) is 2. The standard InChI is InChI=1S/C24H31FN4O2/c1-18(2)31-22-10-8-21(9-11-22)28-24(27-17-23(30)29-14-3-4-15-29)26-13-12-19-6-5-7-20(25)16-19/h5-11,16,18H,3-4,12-15,17H2,1-2H3,(H2,26,27,28). The number of rotatable bonds is 8. The van der Waals surface area contributed by atoms with Gasteiger partial charge in [0, 0.05) is 25.3 Å². The van der Waals surface area contributed by atoms with Crippen LogP contribution in [0.2, 0.25) is 0 Å². The molecule has 0 atom stereocenters. The molecule has 6 nitrogen and oxygen atoms in total. The minimum absolute atomic E-state index is 0.0319. The molecule has 2 aromatic carbocycles. The summed E-state index contributed by atoms with van der Waals surface area (Å²) in [6.07, 6.45) is 2.85. The topological polar surface area (TPSA) is 66.0 Å². The van der Waals surface area contributed by atoms with Gasteiger partial charge >= 0.3 is 0 Å². The smallest absolute Gasteiger partial charge is 0.244 e. The lowest BCUT2D eigenvalue weighted by atomic mass is 10.1. The third-order valence-corrected chi connectivity index (χ3v) is 4.92. The van der Waals surface area contributed by atoms with Crippen LogP contribution in [0.15, 0.2) is 53.5 Å². The Kier molecular flexibility index (Phi) is 8.27. The molecule has 1 saturated heterocycles. The SMILES string of the molecule is CC(C)Oc1ccc(NC(=NCC(=O)N2CCCC2)NCCc2cccc(F)c2)cc1. The molecule has 0 radical (unpaired) electrons. The molecule has 31 heavy (non-hydrogen) atoms. The van der Waals surface area contributed by atoms with Gasteiger partial charge < -0.3 is 20.3 Å². The number of ether oxygens (including phenoxy) is 1. The Morgan fingerprint density at radius 3 is 2.58 bits per heavy atom. The molecule has 1 aliphatic heterocycles. The summed E-state index contributed by atoms with van der Waals surface area (Å²) in [5.74, 6) is 1.10. The lowest BCUT2D eigenvalue weighted by Gasteiger charge is -2.16. The number of nitrogens with zero attached hydrogens (tertiary/aromatic N) is 2. The Bertz CT molecular complexity index is 877. The third kappa shape index (κ3) is 7.59. The second kappa shape index (κ2) is 11.3. The van der Waals surface area contributed by atoms with Gasteiger partial charge in [-0.25, -0.2) is 9.38 Å². The Balaban J connectivity index is 1.62. The van der Waals surface area contributed by atoms with Gasteiger partial charge in [0.2, 0.25) is 5.91 Å². The summed E-state index contributed by atoms with van der Waals surface area (Å²) in [6, 6.07) is 14.1. The largest absolute Gasteiger partial charge is 0.491 e. The molecule has 2 N–H and O–H groups in total. The second-order valence-electron chi connectivity index (χ2n) is 7.88. The summed E-state index contributed by atoms with van der Waals surface area (Å²) in [7, 11) is 0. The van der Waals surface area contributed by atoms with Crippen LogP contribution < -0.4 is 15.4 Å². The Morgan fingerprint density at radius 1 is 1.16 bits per heavy atom. The molecule has 7 heteroatoms. The molecule has 1 amide bonds. The van der Waals surface area contributed by atoms with E-state index in [0.717, 1.165) is 42.9 Å². The van der Waals surface area contributed by atoms with Crippen LogP contribution in [0.25, 0.3) is 0 Å². The van der Waals surface area contributed by atoms with Crippen molar-refractivity contribution < 1.29 is 13.9 Å². The van der Waals surface area contributed by atoms with E-state index in [1.165, 1.54) is 12.1 Å². The zero-order valence-corrected chi connectivity index (χ0v) is 18.2. The maximum atomic E-state index is 13.4. The number of carbonyl (C=O) groups is 1. The van der Waals surface area contributed by atoms with Gasteiger partial charge in [-0.3, -0.25) is 4.79 Å². The molecule has 0 bridgehead atoms. The van der Waals surface area contributed by atoms with E-state index >= 15 is 0 Å². The van der Waals surface area contributed by atoms with Crippen molar-refractivity contribution >= 4 is 17.6 Å². The Morgan fingerprint density at radius 2 is 1.90 bits per heavy atom. The molecule has 0 saturated carbocycles. The maximum Gasteiger partial charge on any atom is 0.244 e. The normalized spacial score (nSPS) is 14.1. The number of carbonyl (C=O) groups excluding carboxylic acids is 1. The van der Waals surface area contributed by atoms with E-state index < -0.39 is 0 Å². The van der Waals surface area contributed by atoms with Crippen molar-refractivity contribution in [3.05, 3.63) is 59.9 Å². The molecule has 1 fully saturated rings. The van der Waals surface area contributed by atoms with Gasteiger partial charge in [0.05, 0.1) is 6.10 Å². The van der Waals surface area contributed by atoms with Crippen molar-refractivity contribution in [2.75, 3.05) is 31.5 Å². The van der Waals surface area contributed by atoms with E-state index in [0.29, 0.717) is 18.9 Å². The van der Waals surface area contributed by atoms with Gasteiger partial charge in [-0.2, -0.15) is 0 Å². The Labute approximate surface area is 183 Å².